The van der Waals surface area contributed by atoms with Crippen LogP contribution in [0, 0.1) is 11.6 Å². The van der Waals surface area contributed by atoms with Crippen LogP contribution in [0.3, 0.4) is 0 Å². The SMILES string of the molecule is CC(NC(=O)c1cnco1)c1cc(F)c(CN2[C@@H](C)CC[C@H](c3ccccc3)S2(=O)=O)cc1F. The lowest BCUT2D eigenvalue weighted by molar-refractivity contribution is 0.0911. The molecule has 1 amide bonds. The molecule has 1 unspecified atom stereocenters. The molecule has 1 saturated heterocycles. The highest BCUT2D eigenvalue weighted by atomic mass is 32.2. The van der Waals surface area contributed by atoms with Gasteiger partial charge in [0.15, 0.2) is 6.39 Å². The molecule has 34 heavy (non-hydrogen) atoms. The number of oxazole rings is 1. The molecule has 2 heterocycles. The highest BCUT2D eigenvalue weighted by Gasteiger charge is 2.40. The molecular weight excluding hydrogens is 464 g/mol. The first-order chi connectivity index (χ1) is 16.2. The zero-order valence-corrected chi connectivity index (χ0v) is 19.6. The number of sulfonamides is 1. The molecule has 1 fully saturated rings. The van der Waals surface area contributed by atoms with Crippen LogP contribution in [-0.2, 0) is 16.6 Å². The van der Waals surface area contributed by atoms with Gasteiger partial charge in [-0.05, 0) is 44.4 Å². The van der Waals surface area contributed by atoms with Crippen LogP contribution in [0.15, 0.2) is 59.5 Å². The molecule has 3 atom stereocenters. The fourth-order valence-corrected chi connectivity index (χ4v) is 6.44. The third-order valence-electron chi connectivity index (χ3n) is 6.16. The molecular formula is C24H25F2N3O4S. The van der Waals surface area contributed by atoms with Gasteiger partial charge in [-0.1, -0.05) is 30.3 Å². The largest absolute Gasteiger partial charge is 0.438 e. The average molecular weight is 490 g/mol. The van der Waals surface area contributed by atoms with Gasteiger partial charge in [-0.2, -0.15) is 4.31 Å². The molecule has 180 valence electrons. The fraction of sp³-hybridized carbons (Fsp3) is 0.333. The number of aromatic nitrogens is 1. The van der Waals surface area contributed by atoms with E-state index in [4.69, 9.17) is 4.42 Å². The van der Waals surface area contributed by atoms with Gasteiger partial charge < -0.3 is 9.73 Å². The minimum Gasteiger partial charge on any atom is -0.438 e. The third kappa shape index (κ3) is 4.74. The Kier molecular flexibility index (Phi) is 6.81. The summed E-state index contributed by atoms with van der Waals surface area (Å²) >= 11 is 0. The van der Waals surface area contributed by atoms with E-state index in [2.05, 4.69) is 10.3 Å². The summed E-state index contributed by atoms with van der Waals surface area (Å²) < 4.78 is 62.9. The van der Waals surface area contributed by atoms with E-state index in [1.54, 1.807) is 31.2 Å². The number of halogens is 2. The van der Waals surface area contributed by atoms with Crippen LogP contribution in [0.2, 0.25) is 0 Å². The van der Waals surface area contributed by atoms with E-state index in [9.17, 15) is 17.6 Å². The molecule has 0 bridgehead atoms. The first kappa shape index (κ1) is 24.0. The van der Waals surface area contributed by atoms with Crippen molar-refractivity contribution < 1.29 is 26.4 Å². The summed E-state index contributed by atoms with van der Waals surface area (Å²) in [5.41, 5.74) is 0.544. The van der Waals surface area contributed by atoms with Crippen LogP contribution >= 0.6 is 0 Å². The normalized spacial score (nSPS) is 21.2. The van der Waals surface area contributed by atoms with Gasteiger partial charge in [-0.25, -0.2) is 22.2 Å². The van der Waals surface area contributed by atoms with E-state index in [0.717, 1.165) is 18.5 Å². The molecule has 0 saturated carbocycles. The topological polar surface area (TPSA) is 92.5 Å². The smallest absolute Gasteiger partial charge is 0.289 e. The van der Waals surface area contributed by atoms with E-state index in [1.165, 1.54) is 17.4 Å². The van der Waals surface area contributed by atoms with Gasteiger partial charge in [0.1, 0.15) is 16.9 Å². The van der Waals surface area contributed by atoms with Gasteiger partial charge in [-0.15, -0.1) is 0 Å². The van der Waals surface area contributed by atoms with Gasteiger partial charge in [0, 0.05) is 23.7 Å². The number of carbonyl (C=O) groups is 1. The maximum atomic E-state index is 15.0. The molecule has 0 radical (unpaired) electrons. The summed E-state index contributed by atoms with van der Waals surface area (Å²) in [6.45, 7) is 2.99. The van der Waals surface area contributed by atoms with Crippen LogP contribution in [-0.4, -0.2) is 29.7 Å². The summed E-state index contributed by atoms with van der Waals surface area (Å²) in [7, 11) is -3.79. The summed E-state index contributed by atoms with van der Waals surface area (Å²) in [5.74, 6) is -2.17. The van der Waals surface area contributed by atoms with Crippen molar-refractivity contribution in [3.63, 3.8) is 0 Å². The molecule has 3 aromatic rings. The second-order valence-corrected chi connectivity index (χ2v) is 10.5. The lowest BCUT2D eigenvalue weighted by Gasteiger charge is -2.37. The van der Waals surface area contributed by atoms with E-state index >= 15 is 4.39 Å². The van der Waals surface area contributed by atoms with Crippen LogP contribution in [0.4, 0.5) is 8.78 Å². The standard InChI is InChI=1S/C24H25F2N3O4S/c1-15-8-9-23(17-6-4-3-5-7-17)34(31,32)29(15)13-18-10-21(26)19(11-20(18)25)16(2)28-24(30)22-12-27-14-33-22/h3-7,10-12,14-16,23H,8-9,13H2,1-2H3,(H,28,30)/t15-,16?,23+/m0/s1. The Morgan fingerprint density at radius 3 is 2.62 bits per heavy atom. The number of hydrogen-bond donors (Lipinski definition) is 1. The number of nitrogens with one attached hydrogen (secondary N) is 1. The molecule has 1 N–H and O–H groups in total. The van der Waals surface area contributed by atoms with Crippen LogP contribution in [0.25, 0.3) is 0 Å². The monoisotopic (exact) mass is 489 g/mol. The maximum Gasteiger partial charge on any atom is 0.289 e. The number of hydrogen-bond acceptors (Lipinski definition) is 5. The van der Waals surface area contributed by atoms with Crippen molar-refractivity contribution >= 4 is 15.9 Å². The Hall–Kier alpha value is -3.11. The molecule has 1 aliphatic rings. The molecule has 0 aliphatic carbocycles. The van der Waals surface area contributed by atoms with Gasteiger partial charge >= 0.3 is 0 Å². The van der Waals surface area contributed by atoms with Crippen molar-refractivity contribution in [1.82, 2.24) is 14.6 Å². The highest BCUT2D eigenvalue weighted by Crippen LogP contribution is 2.38. The van der Waals surface area contributed by atoms with Gasteiger partial charge in [-0.3, -0.25) is 4.79 Å². The summed E-state index contributed by atoms with van der Waals surface area (Å²) in [6.07, 6.45) is 3.37. The molecule has 4 rings (SSSR count). The third-order valence-corrected chi connectivity index (χ3v) is 8.53. The number of amides is 1. The van der Waals surface area contributed by atoms with Crippen molar-refractivity contribution in [1.29, 1.82) is 0 Å². The highest BCUT2D eigenvalue weighted by molar-refractivity contribution is 7.89. The van der Waals surface area contributed by atoms with Crippen LogP contribution in [0.5, 0.6) is 0 Å². The summed E-state index contributed by atoms with van der Waals surface area (Å²) in [6, 6.07) is 9.68. The lowest BCUT2D eigenvalue weighted by atomic mass is 10.0. The van der Waals surface area contributed by atoms with Crippen LogP contribution < -0.4 is 5.32 Å². The Morgan fingerprint density at radius 2 is 1.94 bits per heavy atom. The molecule has 1 aromatic heterocycles. The van der Waals surface area contributed by atoms with E-state index in [-0.39, 0.29) is 29.5 Å². The quantitative estimate of drug-likeness (QED) is 0.551. The molecule has 2 aromatic carbocycles. The van der Waals surface area contributed by atoms with Crippen molar-refractivity contribution in [2.75, 3.05) is 0 Å². The Bertz CT molecular complexity index is 1270. The first-order valence-electron chi connectivity index (χ1n) is 10.9. The minimum atomic E-state index is -3.79. The van der Waals surface area contributed by atoms with Crippen molar-refractivity contribution in [3.05, 3.63) is 89.1 Å². The minimum absolute atomic E-state index is 0.0541. The predicted molar refractivity (Wildman–Crippen MR) is 121 cm³/mol. The van der Waals surface area contributed by atoms with Crippen LogP contribution in [0.1, 0.15) is 65.2 Å². The van der Waals surface area contributed by atoms with Gasteiger partial charge in [0.25, 0.3) is 5.91 Å². The Morgan fingerprint density at radius 1 is 1.21 bits per heavy atom. The van der Waals surface area contributed by atoms with Crippen molar-refractivity contribution in [2.24, 2.45) is 0 Å². The van der Waals surface area contributed by atoms with E-state index in [1.807, 2.05) is 6.07 Å². The number of carbonyl (C=O) groups excluding carboxylic acids is 1. The van der Waals surface area contributed by atoms with Crippen molar-refractivity contribution in [3.8, 4) is 0 Å². The maximum absolute atomic E-state index is 15.0. The second kappa shape index (κ2) is 9.63. The van der Waals surface area contributed by atoms with Gasteiger partial charge in [0.05, 0.1) is 12.2 Å². The number of benzene rings is 2. The Labute approximate surface area is 196 Å². The van der Waals surface area contributed by atoms with Crippen molar-refractivity contribution in [2.45, 2.75) is 50.6 Å². The van der Waals surface area contributed by atoms with E-state index in [0.29, 0.717) is 18.4 Å². The summed E-state index contributed by atoms with van der Waals surface area (Å²) in [5, 5.41) is 1.79. The molecule has 1 aliphatic heterocycles. The number of rotatable bonds is 6. The van der Waals surface area contributed by atoms with E-state index < -0.39 is 38.9 Å². The Balaban J connectivity index is 1.56. The first-order valence-corrected chi connectivity index (χ1v) is 12.4. The average Bonchev–Trinajstić information content (AvgIpc) is 3.34. The zero-order chi connectivity index (χ0) is 24.5. The molecule has 0 spiro atoms. The molecule has 7 nitrogen and oxygen atoms in total. The fourth-order valence-electron chi connectivity index (χ4n) is 4.25. The second-order valence-electron chi connectivity index (χ2n) is 8.44. The van der Waals surface area contributed by atoms with Gasteiger partial charge in [0.2, 0.25) is 15.8 Å². The summed E-state index contributed by atoms with van der Waals surface area (Å²) in [4.78, 5) is 15.8. The predicted octanol–water partition coefficient (Wildman–Crippen LogP) is 4.50. The lowest BCUT2D eigenvalue weighted by Crippen LogP contribution is -2.44. The molecule has 10 heteroatoms. The zero-order valence-electron chi connectivity index (χ0n) is 18.7. The number of nitrogens with zero attached hydrogens (tertiary/aromatic N) is 2.